The van der Waals surface area contributed by atoms with E-state index in [9.17, 15) is 4.79 Å². The summed E-state index contributed by atoms with van der Waals surface area (Å²) in [4.78, 5) is 25.6. The summed E-state index contributed by atoms with van der Waals surface area (Å²) in [5.74, 6) is -0.745. The topological polar surface area (TPSA) is 71.4 Å². The highest BCUT2D eigenvalue weighted by Gasteiger charge is 1.80. The fourth-order valence-electron chi connectivity index (χ4n) is 0. The van der Waals surface area contributed by atoms with Gasteiger partial charge in [0.05, 0.1) is 0 Å². The minimum Gasteiger partial charge on any atom is -0.481 e. The Bertz CT molecular complexity index is 90.2. The maximum Gasteiger partial charge on any atom is 0.373 e. The summed E-state index contributed by atoms with van der Waals surface area (Å²) in [5.41, 5.74) is 0. The van der Waals surface area contributed by atoms with Crippen molar-refractivity contribution in [3.05, 3.63) is 0 Å². The zero-order chi connectivity index (χ0) is 6.99. The molecule has 0 rings (SSSR count). The molecule has 0 unspecified atom stereocenters. The molecule has 0 bridgehead atoms. The predicted octanol–water partition coefficient (Wildman–Crippen LogP) is -0.103. The molecule has 0 heterocycles. The SMILES string of the molecule is CCC(=O)O.O=C=O. The first-order valence-corrected chi connectivity index (χ1v) is 1.90. The van der Waals surface area contributed by atoms with Crippen LogP contribution in [0.4, 0.5) is 0 Å². The van der Waals surface area contributed by atoms with Gasteiger partial charge in [0.2, 0.25) is 0 Å². The van der Waals surface area contributed by atoms with Gasteiger partial charge in [-0.05, 0) is 0 Å². The Balaban J connectivity index is 0. The summed E-state index contributed by atoms with van der Waals surface area (Å²) in [6.45, 7) is 1.60. The fourth-order valence-corrected chi connectivity index (χ4v) is 0. The van der Waals surface area contributed by atoms with E-state index in [1.807, 2.05) is 0 Å². The summed E-state index contributed by atoms with van der Waals surface area (Å²) in [6.07, 6.45) is 0.472. The molecule has 0 aliphatic heterocycles. The molecule has 0 aromatic rings. The minimum absolute atomic E-state index is 0.222. The van der Waals surface area contributed by atoms with Gasteiger partial charge in [0.15, 0.2) is 0 Å². The standard InChI is InChI=1S/C3H6O2.CO2/c1-2-3(4)5;2-1-3/h2H2,1H3,(H,4,5);. The Morgan fingerprint density at radius 3 is 1.75 bits per heavy atom. The lowest BCUT2D eigenvalue weighted by Crippen LogP contribution is -1.86. The first kappa shape index (κ1) is 9.97. The average Bonchev–Trinajstić information content (AvgIpc) is 1.69. The Kier molecular flexibility index (Phi) is 11.6. The van der Waals surface area contributed by atoms with Crippen LogP contribution >= 0.6 is 0 Å². The summed E-state index contributed by atoms with van der Waals surface area (Å²) in [5, 5.41) is 7.72. The van der Waals surface area contributed by atoms with Crippen LogP contribution in [0.2, 0.25) is 0 Å². The number of carboxylic acid groups (broad SMARTS) is 1. The second-order valence-corrected chi connectivity index (χ2v) is 0.831. The molecule has 0 radical (unpaired) electrons. The molecular formula is C4H6O4. The Morgan fingerprint density at radius 2 is 1.75 bits per heavy atom. The molecule has 4 heteroatoms. The molecule has 0 saturated heterocycles. The van der Waals surface area contributed by atoms with Crippen LogP contribution in [-0.4, -0.2) is 17.2 Å². The molecule has 8 heavy (non-hydrogen) atoms. The van der Waals surface area contributed by atoms with Crippen LogP contribution in [0.25, 0.3) is 0 Å². The normalized spacial score (nSPS) is 5.62. The zero-order valence-corrected chi connectivity index (χ0v) is 4.38. The Hall–Kier alpha value is -1.15. The van der Waals surface area contributed by atoms with E-state index < -0.39 is 5.97 Å². The molecule has 0 aromatic carbocycles. The van der Waals surface area contributed by atoms with Crippen molar-refractivity contribution in [2.24, 2.45) is 0 Å². The highest BCUT2D eigenvalue weighted by Crippen LogP contribution is 1.67. The minimum atomic E-state index is -0.745. The van der Waals surface area contributed by atoms with Gasteiger partial charge in [-0.15, -0.1) is 0 Å². The number of rotatable bonds is 1. The van der Waals surface area contributed by atoms with Crippen molar-refractivity contribution < 1.29 is 19.5 Å². The maximum atomic E-state index is 9.37. The monoisotopic (exact) mass is 118 g/mol. The lowest BCUT2D eigenvalue weighted by Gasteiger charge is -1.71. The van der Waals surface area contributed by atoms with E-state index in [-0.39, 0.29) is 12.6 Å². The van der Waals surface area contributed by atoms with E-state index in [0.717, 1.165) is 0 Å². The molecule has 0 aromatic heterocycles. The van der Waals surface area contributed by atoms with E-state index in [2.05, 4.69) is 0 Å². The molecule has 0 atom stereocenters. The number of aliphatic carboxylic acids is 1. The third-order valence-electron chi connectivity index (χ3n) is 0.302. The molecule has 0 amide bonds. The van der Waals surface area contributed by atoms with Gasteiger partial charge < -0.3 is 5.11 Å². The highest BCUT2D eigenvalue weighted by molar-refractivity contribution is 5.66. The predicted molar refractivity (Wildman–Crippen MR) is 22.9 cm³/mol. The molecule has 0 spiro atoms. The van der Waals surface area contributed by atoms with Gasteiger partial charge >= 0.3 is 12.1 Å². The Morgan fingerprint density at radius 1 is 1.62 bits per heavy atom. The summed E-state index contributed by atoms with van der Waals surface area (Å²) >= 11 is 0. The van der Waals surface area contributed by atoms with Gasteiger partial charge in [-0.1, -0.05) is 6.92 Å². The largest absolute Gasteiger partial charge is 0.481 e. The third-order valence-corrected chi connectivity index (χ3v) is 0.302. The molecule has 0 saturated carbocycles. The van der Waals surface area contributed by atoms with Crippen LogP contribution in [0.5, 0.6) is 0 Å². The van der Waals surface area contributed by atoms with Gasteiger partial charge in [-0.3, -0.25) is 4.79 Å². The fraction of sp³-hybridized carbons (Fsp3) is 0.500. The van der Waals surface area contributed by atoms with E-state index in [1.165, 1.54) is 0 Å². The second kappa shape index (κ2) is 9.28. The molecule has 0 fully saturated rings. The highest BCUT2D eigenvalue weighted by atomic mass is 16.4. The van der Waals surface area contributed by atoms with Crippen LogP contribution in [0.1, 0.15) is 13.3 Å². The lowest BCUT2D eigenvalue weighted by atomic mass is 10.5. The lowest BCUT2D eigenvalue weighted by molar-refractivity contribution is -0.191. The smallest absolute Gasteiger partial charge is 0.373 e. The van der Waals surface area contributed by atoms with E-state index in [4.69, 9.17) is 14.7 Å². The van der Waals surface area contributed by atoms with Crippen molar-refractivity contribution in [1.82, 2.24) is 0 Å². The number of hydrogen-bond donors (Lipinski definition) is 1. The first-order chi connectivity index (χ1) is 3.68. The van der Waals surface area contributed by atoms with E-state index in [1.54, 1.807) is 6.92 Å². The van der Waals surface area contributed by atoms with Crippen LogP contribution in [0, 0.1) is 0 Å². The van der Waals surface area contributed by atoms with Crippen LogP contribution < -0.4 is 0 Å². The van der Waals surface area contributed by atoms with Gasteiger partial charge in [-0.25, -0.2) is 0 Å². The van der Waals surface area contributed by atoms with Crippen LogP contribution in [0.15, 0.2) is 0 Å². The van der Waals surface area contributed by atoms with Gasteiger partial charge in [0.25, 0.3) is 0 Å². The van der Waals surface area contributed by atoms with Gasteiger partial charge in [-0.2, -0.15) is 9.59 Å². The molecule has 1 N–H and O–H groups in total. The maximum absolute atomic E-state index is 9.37. The number of carbonyl (C=O) groups is 1. The van der Waals surface area contributed by atoms with Crippen molar-refractivity contribution in [2.75, 3.05) is 0 Å². The summed E-state index contributed by atoms with van der Waals surface area (Å²) in [7, 11) is 0. The van der Waals surface area contributed by atoms with E-state index >= 15 is 0 Å². The average molecular weight is 118 g/mol. The molecule has 0 aliphatic carbocycles. The molecule has 0 aliphatic rings. The van der Waals surface area contributed by atoms with Crippen molar-refractivity contribution in [2.45, 2.75) is 13.3 Å². The zero-order valence-electron chi connectivity index (χ0n) is 4.38. The second-order valence-electron chi connectivity index (χ2n) is 0.831. The van der Waals surface area contributed by atoms with Gasteiger partial charge in [0.1, 0.15) is 0 Å². The number of hydrogen-bond acceptors (Lipinski definition) is 3. The van der Waals surface area contributed by atoms with Crippen LogP contribution in [0.3, 0.4) is 0 Å². The number of carboxylic acids is 1. The van der Waals surface area contributed by atoms with E-state index in [0.29, 0.717) is 0 Å². The number of carbonyl (C=O) groups excluding carboxylic acids is 2. The summed E-state index contributed by atoms with van der Waals surface area (Å²) < 4.78 is 0. The Labute approximate surface area is 46.1 Å². The van der Waals surface area contributed by atoms with Crippen LogP contribution in [-0.2, 0) is 14.4 Å². The molecule has 4 nitrogen and oxygen atoms in total. The quantitative estimate of drug-likeness (QED) is 0.521. The van der Waals surface area contributed by atoms with Gasteiger partial charge in [0, 0.05) is 6.42 Å². The first-order valence-electron chi connectivity index (χ1n) is 1.90. The molecule has 46 valence electrons. The van der Waals surface area contributed by atoms with Crippen molar-refractivity contribution in [1.29, 1.82) is 0 Å². The third kappa shape index (κ3) is 99.5. The summed E-state index contributed by atoms with van der Waals surface area (Å²) in [6, 6.07) is 0. The van der Waals surface area contributed by atoms with Crippen molar-refractivity contribution in [3.8, 4) is 0 Å². The van der Waals surface area contributed by atoms with Crippen molar-refractivity contribution in [3.63, 3.8) is 0 Å². The van der Waals surface area contributed by atoms with Crippen molar-refractivity contribution >= 4 is 12.1 Å². The molecular weight excluding hydrogens is 112 g/mol.